The second-order valence-electron chi connectivity index (χ2n) is 8.53. The number of halogens is 2. The van der Waals surface area contributed by atoms with Gasteiger partial charge in [-0.1, -0.05) is 37.0 Å². The molecule has 0 spiro atoms. The molecule has 1 atom stereocenters. The number of nitriles is 1. The van der Waals surface area contributed by atoms with Gasteiger partial charge in [-0.05, 0) is 49.1 Å². The Morgan fingerprint density at radius 2 is 1.93 bits per heavy atom. The average Bonchev–Trinajstić information content (AvgIpc) is 3.08. The molecule has 7 heteroatoms. The van der Waals surface area contributed by atoms with Crippen molar-refractivity contribution in [3.8, 4) is 6.07 Å². The van der Waals surface area contributed by atoms with Gasteiger partial charge in [0, 0.05) is 33.1 Å². The number of allylic oxidation sites excluding steroid dienone is 3. The second-order valence-corrected chi connectivity index (χ2v) is 10.7. The first-order valence-electron chi connectivity index (χ1n) is 9.60. The zero-order valence-electron chi connectivity index (χ0n) is 16.9. The van der Waals surface area contributed by atoms with Gasteiger partial charge in [-0.15, -0.1) is 11.3 Å². The van der Waals surface area contributed by atoms with Crippen LogP contribution in [0.4, 0.5) is 5.69 Å². The monoisotopic (exact) mass is 457 g/mol. The first kappa shape index (κ1) is 21.0. The molecule has 0 radical (unpaired) electrons. The van der Waals surface area contributed by atoms with Crippen molar-refractivity contribution in [2.45, 2.75) is 39.5 Å². The number of carbonyl (C=O) groups is 1. The Kier molecular flexibility index (Phi) is 5.22. The molecule has 1 unspecified atom stereocenters. The summed E-state index contributed by atoms with van der Waals surface area (Å²) in [5, 5.41) is 10.9. The maximum absolute atomic E-state index is 13.4. The van der Waals surface area contributed by atoms with Gasteiger partial charge < -0.3 is 5.73 Å². The van der Waals surface area contributed by atoms with E-state index in [0.717, 1.165) is 15.5 Å². The summed E-state index contributed by atoms with van der Waals surface area (Å²) in [6, 6.07) is 11.5. The van der Waals surface area contributed by atoms with E-state index in [1.165, 1.54) is 0 Å². The van der Waals surface area contributed by atoms with E-state index in [-0.39, 0.29) is 11.2 Å². The van der Waals surface area contributed by atoms with E-state index in [2.05, 4.69) is 19.9 Å². The third kappa shape index (κ3) is 3.43. The smallest absolute Gasteiger partial charge is 0.162 e. The second kappa shape index (κ2) is 7.46. The van der Waals surface area contributed by atoms with Crippen LogP contribution in [0.3, 0.4) is 0 Å². The summed E-state index contributed by atoms with van der Waals surface area (Å²) in [7, 11) is 0. The number of nitrogens with zero attached hydrogens (tertiary/aromatic N) is 2. The van der Waals surface area contributed by atoms with E-state index >= 15 is 0 Å². The predicted molar refractivity (Wildman–Crippen MR) is 123 cm³/mol. The Morgan fingerprint density at radius 1 is 1.20 bits per heavy atom. The number of anilines is 1. The van der Waals surface area contributed by atoms with Gasteiger partial charge in [0.05, 0.1) is 27.6 Å². The van der Waals surface area contributed by atoms with Gasteiger partial charge in [0.1, 0.15) is 5.82 Å². The molecule has 1 aliphatic heterocycles. The Bertz CT molecular complexity index is 1170. The largest absolute Gasteiger partial charge is 0.384 e. The van der Waals surface area contributed by atoms with Crippen LogP contribution in [0.25, 0.3) is 0 Å². The van der Waals surface area contributed by atoms with Crippen LogP contribution in [0.15, 0.2) is 53.0 Å². The van der Waals surface area contributed by atoms with Crippen LogP contribution in [0, 0.1) is 23.7 Å². The molecule has 2 N–H and O–H groups in total. The summed E-state index contributed by atoms with van der Waals surface area (Å²) < 4.78 is 0. The zero-order valence-corrected chi connectivity index (χ0v) is 19.3. The van der Waals surface area contributed by atoms with Crippen molar-refractivity contribution in [1.82, 2.24) is 0 Å². The summed E-state index contributed by atoms with van der Waals surface area (Å²) in [4.78, 5) is 17.3. The lowest BCUT2D eigenvalue weighted by molar-refractivity contribution is -0.118. The number of hydrogen-bond acceptors (Lipinski definition) is 5. The Labute approximate surface area is 190 Å². The molecule has 30 heavy (non-hydrogen) atoms. The standard InChI is InChI=1S/C23H21Cl2N3OS/c1-12-4-7-19(30-12)20-14(11-26)22(27)28(13-5-6-15(24)16(25)8-13)17-9-23(2,3)10-18(29)21(17)20/h4-8,20H,9-10,27H2,1-3H3. The van der Waals surface area contributed by atoms with Gasteiger partial charge in [0.2, 0.25) is 0 Å². The number of carbonyl (C=O) groups excluding carboxylic acids is 1. The van der Waals surface area contributed by atoms with Crippen molar-refractivity contribution >= 4 is 46.0 Å². The molecule has 2 aliphatic rings. The topological polar surface area (TPSA) is 70.1 Å². The van der Waals surface area contributed by atoms with Gasteiger partial charge in [0.25, 0.3) is 0 Å². The first-order valence-corrected chi connectivity index (χ1v) is 11.2. The van der Waals surface area contributed by atoms with E-state index in [0.29, 0.717) is 45.5 Å². The molecular formula is C23H21Cl2N3OS. The Hall–Kier alpha value is -2.26. The molecule has 2 aromatic rings. The zero-order chi connectivity index (χ0) is 21.8. The number of rotatable bonds is 2. The summed E-state index contributed by atoms with van der Waals surface area (Å²) in [5.41, 5.74) is 8.95. The minimum absolute atomic E-state index is 0.0580. The number of Topliss-reactive ketones (excluding diaryl/α,β-unsaturated/α-hetero) is 1. The molecular weight excluding hydrogens is 437 g/mol. The molecule has 1 aromatic carbocycles. The molecule has 2 heterocycles. The molecule has 4 rings (SSSR count). The lowest BCUT2D eigenvalue weighted by atomic mass is 9.69. The summed E-state index contributed by atoms with van der Waals surface area (Å²) in [5.74, 6) is -0.0508. The fourth-order valence-electron chi connectivity index (χ4n) is 4.32. The third-order valence-electron chi connectivity index (χ3n) is 5.59. The van der Waals surface area contributed by atoms with Crippen LogP contribution in [0.5, 0.6) is 0 Å². The molecule has 4 nitrogen and oxygen atoms in total. The number of ketones is 1. The van der Waals surface area contributed by atoms with E-state index in [1.807, 2.05) is 30.0 Å². The molecule has 0 saturated carbocycles. The van der Waals surface area contributed by atoms with Crippen LogP contribution < -0.4 is 10.6 Å². The van der Waals surface area contributed by atoms with Gasteiger partial charge >= 0.3 is 0 Å². The van der Waals surface area contributed by atoms with Crippen LogP contribution >= 0.6 is 34.5 Å². The van der Waals surface area contributed by atoms with Crippen molar-refractivity contribution in [3.63, 3.8) is 0 Å². The van der Waals surface area contributed by atoms with E-state index in [1.54, 1.807) is 23.5 Å². The van der Waals surface area contributed by atoms with Crippen molar-refractivity contribution in [1.29, 1.82) is 5.26 Å². The van der Waals surface area contributed by atoms with Gasteiger partial charge in [0.15, 0.2) is 5.78 Å². The van der Waals surface area contributed by atoms with Gasteiger partial charge in [-0.25, -0.2) is 0 Å². The van der Waals surface area contributed by atoms with Crippen LogP contribution in [-0.2, 0) is 4.79 Å². The quantitative estimate of drug-likeness (QED) is 0.573. The highest BCUT2D eigenvalue weighted by molar-refractivity contribution is 7.12. The Balaban J connectivity index is 2.00. The molecule has 154 valence electrons. The number of benzene rings is 1. The van der Waals surface area contributed by atoms with E-state index in [4.69, 9.17) is 28.9 Å². The lowest BCUT2D eigenvalue weighted by Gasteiger charge is -2.43. The van der Waals surface area contributed by atoms with Crippen molar-refractivity contribution < 1.29 is 4.79 Å². The predicted octanol–water partition coefficient (Wildman–Crippen LogP) is 6.30. The highest BCUT2D eigenvalue weighted by atomic mass is 35.5. The number of hydrogen-bond donors (Lipinski definition) is 1. The highest BCUT2D eigenvalue weighted by Gasteiger charge is 2.45. The van der Waals surface area contributed by atoms with Gasteiger partial charge in [-0.2, -0.15) is 5.26 Å². The average molecular weight is 458 g/mol. The summed E-state index contributed by atoms with van der Waals surface area (Å²) in [6.07, 6.45) is 1.09. The highest BCUT2D eigenvalue weighted by Crippen LogP contribution is 2.51. The van der Waals surface area contributed by atoms with Crippen molar-refractivity contribution in [2.24, 2.45) is 11.1 Å². The first-order chi connectivity index (χ1) is 14.1. The molecule has 0 bridgehead atoms. The fraction of sp³-hybridized carbons (Fsp3) is 0.304. The summed E-state index contributed by atoms with van der Waals surface area (Å²) in [6.45, 7) is 6.16. The van der Waals surface area contributed by atoms with Crippen LogP contribution in [0.1, 0.15) is 42.4 Å². The molecule has 0 fully saturated rings. The van der Waals surface area contributed by atoms with Gasteiger partial charge in [-0.3, -0.25) is 9.69 Å². The fourth-order valence-corrected chi connectivity index (χ4v) is 5.61. The van der Waals surface area contributed by atoms with E-state index < -0.39 is 5.92 Å². The maximum atomic E-state index is 13.4. The maximum Gasteiger partial charge on any atom is 0.162 e. The minimum atomic E-state index is -0.439. The molecule has 1 aliphatic carbocycles. The van der Waals surface area contributed by atoms with Crippen LogP contribution in [0.2, 0.25) is 10.0 Å². The van der Waals surface area contributed by atoms with Crippen molar-refractivity contribution in [2.75, 3.05) is 4.90 Å². The number of aryl methyl sites for hydroxylation is 1. The van der Waals surface area contributed by atoms with Crippen molar-refractivity contribution in [3.05, 3.63) is 72.8 Å². The third-order valence-corrected chi connectivity index (χ3v) is 7.39. The van der Waals surface area contributed by atoms with E-state index in [9.17, 15) is 10.1 Å². The molecule has 1 aromatic heterocycles. The minimum Gasteiger partial charge on any atom is -0.384 e. The van der Waals surface area contributed by atoms with Crippen LogP contribution in [-0.4, -0.2) is 5.78 Å². The number of nitrogens with two attached hydrogens (primary N) is 1. The number of thiophene rings is 1. The summed E-state index contributed by atoms with van der Waals surface area (Å²) >= 11 is 14.0. The molecule has 0 saturated heterocycles. The Morgan fingerprint density at radius 3 is 2.53 bits per heavy atom. The molecule has 0 amide bonds. The SMILES string of the molecule is Cc1ccc(C2C(C#N)=C(N)N(c3ccc(Cl)c(Cl)c3)C3=C2C(=O)CC(C)(C)C3)s1. The lowest BCUT2D eigenvalue weighted by Crippen LogP contribution is -2.42. The normalized spacial score (nSPS) is 21.0.